The molecule has 4 nitrogen and oxygen atoms in total. The number of para-hydroxylation sites is 2. The molecule has 0 aliphatic heterocycles. The van der Waals surface area contributed by atoms with E-state index in [-0.39, 0.29) is 5.91 Å². The normalized spacial score (nSPS) is 11.1. The first kappa shape index (κ1) is 16.6. The molecule has 1 heterocycles. The monoisotopic (exact) mass is 339 g/mol. The average Bonchev–Trinajstić information content (AvgIpc) is 2.99. The predicted octanol–water partition coefficient (Wildman–Crippen LogP) is 4.56. The van der Waals surface area contributed by atoms with Crippen molar-refractivity contribution in [3.63, 3.8) is 0 Å². The molecule has 24 heavy (non-hydrogen) atoms. The van der Waals surface area contributed by atoms with Gasteiger partial charge < -0.3 is 10.3 Å². The van der Waals surface area contributed by atoms with Crippen molar-refractivity contribution in [3.05, 3.63) is 48.5 Å². The third-order valence-electron chi connectivity index (χ3n) is 3.49. The number of fused-ring (bicyclic) bond motifs is 1. The van der Waals surface area contributed by atoms with E-state index in [0.717, 1.165) is 33.9 Å². The Labute approximate surface area is 146 Å². The SMILES string of the molecule is CC(C)CSCC(=O)Nc1cccc(-c2nc3ccccc3[nH]2)c1. The maximum Gasteiger partial charge on any atom is 0.234 e. The van der Waals surface area contributed by atoms with Crippen LogP contribution in [0.2, 0.25) is 0 Å². The smallest absolute Gasteiger partial charge is 0.234 e. The number of aromatic nitrogens is 2. The first-order valence-corrected chi connectivity index (χ1v) is 9.20. The lowest BCUT2D eigenvalue weighted by molar-refractivity contribution is -0.113. The van der Waals surface area contributed by atoms with E-state index in [1.54, 1.807) is 11.8 Å². The van der Waals surface area contributed by atoms with E-state index in [0.29, 0.717) is 11.7 Å². The van der Waals surface area contributed by atoms with E-state index in [4.69, 9.17) is 0 Å². The van der Waals surface area contributed by atoms with Gasteiger partial charge in [0.15, 0.2) is 0 Å². The molecule has 0 aliphatic rings. The summed E-state index contributed by atoms with van der Waals surface area (Å²) in [5.74, 6) is 2.91. The van der Waals surface area contributed by atoms with Gasteiger partial charge in [0.05, 0.1) is 16.8 Å². The fraction of sp³-hybridized carbons (Fsp3) is 0.263. The third-order valence-corrected chi connectivity index (χ3v) is 4.86. The topological polar surface area (TPSA) is 57.8 Å². The molecule has 0 unspecified atom stereocenters. The molecule has 0 aliphatic carbocycles. The Bertz CT molecular complexity index is 808. The lowest BCUT2D eigenvalue weighted by Crippen LogP contribution is -2.14. The van der Waals surface area contributed by atoms with E-state index in [1.165, 1.54) is 0 Å². The van der Waals surface area contributed by atoms with E-state index in [9.17, 15) is 4.79 Å². The van der Waals surface area contributed by atoms with Gasteiger partial charge in [-0.2, -0.15) is 11.8 Å². The highest BCUT2D eigenvalue weighted by Crippen LogP contribution is 2.23. The van der Waals surface area contributed by atoms with E-state index < -0.39 is 0 Å². The Morgan fingerprint density at radius 1 is 1.21 bits per heavy atom. The zero-order valence-electron chi connectivity index (χ0n) is 13.9. The predicted molar refractivity (Wildman–Crippen MR) is 102 cm³/mol. The Balaban J connectivity index is 1.71. The molecular formula is C19H21N3OS. The van der Waals surface area contributed by atoms with Crippen LogP contribution >= 0.6 is 11.8 Å². The first-order valence-electron chi connectivity index (χ1n) is 8.04. The van der Waals surface area contributed by atoms with Crippen molar-refractivity contribution < 1.29 is 4.79 Å². The molecule has 3 rings (SSSR count). The highest BCUT2D eigenvalue weighted by atomic mass is 32.2. The summed E-state index contributed by atoms with van der Waals surface area (Å²) >= 11 is 1.66. The molecule has 0 saturated carbocycles. The van der Waals surface area contributed by atoms with Crippen molar-refractivity contribution in [3.8, 4) is 11.4 Å². The van der Waals surface area contributed by atoms with Gasteiger partial charge in [-0.05, 0) is 35.9 Å². The maximum atomic E-state index is 12.0. The first-order chi connectivity index (χ1) is 11.6. The van der Waals surface area contributed by atoms with Gasteiger partial charge in [-0.1, -0.05) is 38.1 Å². The van der Waals surface area contributed by atoms with Gasteiger partial charge in [0.1, 0.15) is 5.82 Å². The second-order valence-electron chi connectivity index (χ2n) is 6.14. The summed E-state index contributed by atoms with van der Waals surface area (Å²) in [5, 5.41) is 2.96. The second-order valence-corrected chi connectivity index (χ2v) is 7.17. The highest BCUT2D eigenvalue weighted by Gasteiger charge is 2.08. The van der Waals surface area contributed by atoms with Crippen molar-refractivity contribution in [1.82, 2.24) is 9.97 Å². The van der Waals surface area contributed by atoms with Crippen LogP contribution in [-0.2, 0) is 4.79 Å². The van der Waals surface area contributed by atoms with Crippen LogP contribution in [-0.4, -0.2) is 27.4 Å². The molecule has 0 radical (unpaired) electrons. The summed E-state index contributed by atoms with van der Waals surface area (Å²) < 4.78 is 0. The molecule has 0 spiro atoms. The number of hydrogen-bond acceptors (Lipinski definition) is 3. The van der Waals surface area contributed by atoms with Gasteiger partial charge in [-0.3, -0.25) is 4.79 Å². The van der Waals surface area contributed by atoms with Crippen LogP contribution in [0.4, 0.5) is 5.69 Å². The lowest BCUT2D eigenvalue weighted by Gasteiger charge is -2.07. The van der Waals surface area contributed by atoms with Crippen LogP contribution in [0.5, 0.6) is 0 Å². The number of nitrogens with zero attached hydrogens (tertiary/aromatic N) is 1. The fourth-order valence-electron chi connectivity index (χ4n) is 2.42. The summed E-state index contributed by atoms with van der Waals surface area (Å²) in [6.07, 6.45) is 0. The van der Waals surface area contributed by atoms with Crippen molar-refractivity contribution in [1.29, 1.82) is 0 Å². The largest absolute Gasteiger partial charge is 0.338 e. The summed E-state index contributed by atoms with van der Waals surface area (Å²) in [4.78, 5) is 19.9. The van der Waals surface area contributed by atoms with Crippen LogP contribution in [0, 0.1) is 5.92 Å². The molecule has 2 N–H and O–H groups in total. The Morgan fingerprint density at radius 3 is 2.83 bits per heavy atom. The maximum absolute atomic E-state index is 12.0. The Morgan fingerprint density at radius 2 is 2.04 bits per heavy atom. The number of thioether (sulfide) groups is 1. The number of carbonyl (C=O) groups is 1. The molecule has 2 aromatic carbocycles. The van der Waals surface area contributed by atoms with E-state index in [2.05, 4.69) is 29.1 Å². The zero-order chi connectivity index (χ0) is 16.9. The fourth-order valence-corrected chi connectivity index (χ4v) is 3.26. The molecule has 124 valence electrons. The summed E-state index contributed by atoms with van der Waals surface area (Å²) in [7, 11) is 0. The molecular weight excluding hydrogens is 318 g/mol. The van der Waals surface area contributed by atoms with E-state index in [1.807, 2.05) is 48.5 Å². The van der Waals surface area contributed by atoms with Crippen molar-refractivity contribution in [2.75, 3.05) is 16.8 Å². The molecule has 1 aromatic heterocycles. The molecule has 5 heteroatoms. The summed E-state index contributed by atoms with van der Waals surface area (Å²) in [6, 6.07) is 15.7. The van der Waals surface area contributed by atoms with Crippen molar-refractivity contribution in [2.45, 2.75) is 13.8 Å². The van der Waals surface area contributed by atoms with Gasteiger partial charge >= 0.3 is 0 Å². The van der Waals surface area contributed by atoms with Crippen LogP contribution < -0.4 is 5.32 Å². The van der Waals surface area contributed by atoms with Gasteiger partial charge in [0.25, 0.3) is 0 Å². The third kappa shape index (κ3) is 4.17. The van der Waals surface area contributed by atoms with Crippen LogP contribution in [0.25, 0.3) is 22.4 Å². The molecule has 1 amide bonds. The zero-order valence-corrected chi connectivity index (χ0v) is 14.7. The summed E-state index contributed by atoms with van der Waals surface area (Å²) in [5.41, 5.74) is 3.70. The molecule has 0 fully saturated rings. The minimum absolute atomic E-state index is 0.0300. The average molecular weight is 339 g/mol. The number of carbonyl (C=O) groups excluding carboxylic acids is 1. The van der Waals surface area contributed by atoms with E-state index >= 15 is 0 Å². The Hall–Kier alpha value is -2.27. The number of H-pyrrole nitrogens is 1. The van der Waals surface area contributed by atoms with Gasteiger partial charge in [-0.15, -0.1) is 0 Å². The minimum atomic E-state index is 0.0300. The number of rotatable bonds is 6. The lowest BCUT2D eigenvalue weighted by atomic mass is 10.2. The molecule has 0 atom stereocenters. The number of hydrogen-bond donors (Lipinski definition) is 2. The van der Waals surface area contributed by atoms with Gasteiger partial charge in [-0.25, -0.2) is 4.98 Å². The molecule has 0 bridgehead atoms. The van der Waals surface area contributed by atoms with Crippen molar-refractivity contribution in [2.24, 2.45) is 5.92 Å². The number of aromatic amines is 1. The number of amides is 1. The van der Waals surface area contributed by atoms with Crippen LogP contribution in [0.15, 0.2) is 48.5 Å². The number of benzene rings is 2. The highest BCUT2D eigenvalue weighted by molar-refractivity contribution is 7.99. The summed E-state index contributed by atoms with van der Waals surface area (Å²) in [6.45, 7) is 4.31. The number of imidazole rings is 1. The van der Waals surface area contributed by atoms with Crippen LogP contribution in [0.1, 0.15) is 13.8 Å². The minimum Gasteiger partial charge on any atom is -0.338 e. The van der Waals surface area contributed by atoms with Crippen LogP contribution in [0.3, 0.4) is 0 Å². The molecule has 3 aromatic rings. The molecule has 0 saturated heterocycles. The van der Waals surface area contributed by atoms with Gasteiger partial charge in [0, 0.05) is 11.3 Å². The Kier molecular flexibility index (Phi) is 5.20. The number of nitrogens with one attached hydrogen (secondary N) is 2. The quantitative estimate of drug-likeness (QED) is 0.692. The second kappa shape index (κ2) is 7.53. The van der Waals surface area contributed by atoms with Crippen molar-refractivity contribution >= 4 is 34.4 Å². The standard InChI is InChI=1S/C19H21N3OS/c1-13(2)11-24-12-18(23)20-15-7-5-6-14(10-15)19-21-16-8-3-4-9-17(16)22-19/h3-10,13H,11-12H2,1-2H3,(H,20,23)(H,21,22). The van der Waals surface area contributed by atoms with Gasteiger partial charge in [0.2, 0.25) is 5.91 Å². The number of anilines is 1.